The summed E-state index contributed by atoms with van der Waals surface area (Å²) in [4.78, 5) is 12.4. The number of amides is 1. The molecule has 128 valence electrons. The normalized spacial score (nSPS) is 19.6. The third-order valence-electron chi connectivity index (χ3n) is 3.78. The predicted molar refractivity (Wildman–Crippen MR) is 93.9 cm³/mol. The Morgan fingerprint density at radius 2 is 1.91 bits per heavy atom. The van der Waals surface area contributed by atoms with Crippen LogP contribution in [-0.4, -0.2) is 37.5 Å². The minimum absolute atomic E-state index is 0.0277. The largest absolute Gasteiger partial charge is 0.324 e. The van der Waals surface area contributed by atoms with E-state index < -0.39 is 15.9 Å². The van der Waals surface area contributed by atoms with Crippen LogP contribution >= 0.6 is 34.8 Å². The van der Waals surface area contributed by atoms with E-state index in [1.165, 1.54) is 16.4 Å². The van der Waals surface area contributed by atoms with Gasteiger partial charge in [-0.15, -0.1) is 0 Å². The van der Waals surface area contributed by atoms with Crippen molar-refractivity contribution in [3.8, 4) is 0 Å². The van der Waals surface area contributed by atoms with Crippen LogP contribution in [0.15, 0.2) is 12.1 Å². The lowest BCUT2D eigenvalue weighted by Crippen LogP contribution is -2.44. The highest BCUT2D eigenvalue weighted by Crippen LogP contribution is 2.33. The topological polar surface area (TPSA) is 66.5 Å². The summed E-state index contributed by atoms with van der Waals surface area (Å²) < 4.78 is 25.3. The molecule has 1 amide bonds. The molecule has 0 saturated carbocycles. The maximum atomic E-state index is 12.4. The number of nitrogens with one attached hydrogen (secondary N) is 1. The number of benzene rings is 1. The zero-order valence-corrected chi connectivity index (χ0v) is 15.6. The van der Waals surface area contributed by atoms with Crippen molar-refractivity contribution >= 4 is 56.4 Å². The summed E-state index contributed by atoms with van der Waals surface area (Å²) in [6, 6.07) is 2.93. The molecule has 1 aliphatic rings. The number of rotatable bonds is 4. The van der Waals surface area contributed by atoms with Gasteiger partial charge < -0.3 is 5.32 Å². The average molecular weight is 400 g/mol. The van der Waals surface area contributed by atoms with Gasteiger partial charge in [0, 0.05) is 13.1 Å². The first kappa shape index (κ1) is 18.8. The van der Waals surface area contributed by atoms with Crippen LogP contribution in [0.4, 0.5) is 5.69 Å². The van der Waals surface area contributed by atoms with E-state index in [1.807, 2.05) is 0 Å². The lowest BCUT2D eigenvalue weighted by molar-refractivity contribution is -0.120. The molecule has 5 nitrogen and oxygen atoms in total. The molecule has 1 fully saturated rings. The molecule has 0 bridgehead atoms. The molecule has 1 saturated heterocycles. The van der Waals surface area contributed by atoms with Gasteiger partial charge in [0.1, 0.15) is 0 Å². The van der Waals surface area contributed by atoms with Crippen molar-refractivity contribution in [2.45, 2.75) is 19.8 Å². The number of hydrogen-bond acceptors (Lipinski definition) is 3. The fourth-order valence-electron chi connectivity index (χ4n) is 2.44. The number of carbonyl (C=O) groups excluding carboxylic acids is 1. The van der Waals surface area contributed by atoms with Gasteiger partial charge >= 0.3 is 0 Å². The Labute approximate surface area is 150 Å². The van der Waals surface area contributed by atoms with Crippen LogP contribution in [0.3, 0.4) is 0 Å². The molecule has 0 aliphatic carbocycles. The standard InChI is InChI=1S/C14H17Cl3N2O3S/c1-2-23(21,22)19-5-3-4-9(8-19)14(20)18-13-7-11(16)10(15)6-12(13)17/h6-7,9H,2-5,8H2,1H3,(H,18,20). The third kappa shape index (κ3) is 4.51. The lowest BCUT2D eigenvalue weighted by Gasteiger charge is -2.31. The zero-order chi connectivity index (χ0) is 17.2. The predicted octanol–water partition coefficient (Wildman–Crippen LogP) is 3.65. The minimum Gasteiger partial charge on any atom is -0.324 e. The van der Waals surface area contributed by atoms with Crippen molar-refractivity contribution in [2.24, 2.45) is 5.92 Å². The fraction of sp³-hybridized carbons (Fsp3) is 0.500. The molecule has 1 aromatic carbocycles. The smallest absolute Gasteiger partial charge is 0.228 e. The average Bonchev–Trinajstić information content (AvgIpc) is 2.52. The van der Waals surface area contributed by atoms with Crippen LogP contribution in [0, 0.1) is 5.92 Å². The molecule has 1 aliphatic heterocycles. The van der Waals surface area contributed by atoms with Gasteiger partial charge in [0.25, 0.3) is 0 Å². The van der Waals surface area contributed by atoms with Crippen LogP contribution in [-0.2, 0) is 14.8 Å². The van der Waals surface area contributed by atoms with E-state index >= 15 is 0 Å². The molecule has 0 spiro atoms. The molecule has 1 N–H and O–H groups in total. The number of halogens is 3. The Morgan fingerprint density at radius 3 is 2.57 bits per heavy atom. The van der Waals surface area contributed by atoms with Gasteiger partial charge in [-0.3, -0.25) is 4.79 Å². The molecule has 23 heavy (non-hydrogen) atoms. The summed E-state index contributed by atoms with van der Waals surface area (Å²) >= 11 is 17.8. The van der Waals surface area contributed by atoms with Gasteiger partial charge in [-0.2, -0.15) is 0 Å². The van der Waals surface area contributed by atoms with Crippen molar-refractivity contribution in [1.82, 2.24) is 4.31 Å². The lowest BCUT2D eigenvalue weighted by atomic mass is 9.98. The summed E-state index contributed by atoms with van der Waals surface area (Å²) in [6.07, 6.45) is 1.27. The van der Waals surface area contributed by atoms with Gasteiger partial charge in [0.2, 0.25) is 15.9 Å². The van der Waals surface area contributed by atoms with Crippen molar-refractivity contribution in [3.63, 3.8) is 0 Å². The highest BCUT2D eigenvalue weighted by molar-refractivity contribution is 7.89. The molecule has 0 aromatic heterocycles. The SMILES string of the molecule is CCS(=O)(=O)N1CCCC(C(=O)Nc2cc(Cl)c(Cl)cc2Cl)C1. The van der Waals surface area contributed by atoms with E-state index in [2.05, 4.69) is 5.32 Å². The Bertz CT molecular complexity index is 709. The van der Waals surface area contributed by atoms with Crippen molar-refractivity contribution in [3.05, 3.63) is 27.2 Å². The van der Waals surface area contributed by atoms with Crippen LogP contribution in [0.5, 0.6) is 0 Å². The maximum absolute atomic E-state index is 12.4. The number of anilines is 1. The Balaban J connectivity index is 2.10. The molecule has 1 unspecified atom stereocenters. The van der Waals surface area contributed by atoms with Crippen LogP contribution in [0.2, 0.25) is 15.1 Å². The van der Waals surface area contributed by atoms with Crippen molar-refractivity contribution < 1.29 is 13.2 Å². The summed E-state index contributed by atoms with van der Waals surface area (Å²) in [5, 5.41) is 3.56. The van der Waals surface area contributed by atoms with E-state index in [4.69, 9.17) is 34.8 Å². The van der Waals surface area contributed by atoms with Crippen LogP contribution in [0.25, 0.3) is 0 Å². The molecule has 2 rings (SSSR count). The van der Waals surface area contributed by atoms with E-state index in [0.29, 0.717) is 30.1 Å². The third-order valence-corrected chi connectivity index (χ3v) is 6.66. The van der Waals surface area contributed by atoms with E-state index in [0.717, 1.165) is 0 Å². The molecule has 1 atom stereocenters. The molecule has 1 heterocycles. The first-order valence-corrected chi connectivity index (χ1v) is 9.92. The molecular formula is C14H17Cl3N2O3S. The monoisotopic (exact) mass is 398 g/mol. The minimum atomic E-state index is -3.29. The quantitative estimate of drug-likeness (QED) is 0.786. The number of piperidine rings is 1. The zero-order valence-electron chi connectivity index (χ0n) is 12.5. The molecule has 0 radical (unpaired) electrons. The number of hydrogen-bond donors (Lipinski definition) is 1. The number of nitrogens with zero attached hydrogens (tertiary/aromatic N) is 1. The molecule has 1 aromatic rings. The van der Waals surface area contributed by atoms with E-state index in [9.17, 15) is 13.2 Å². The Morgan fingerprint density at radius 1 is 1.26 bits per heavy atom. The second kappa shape index (κ2) is 7.57. The maximum Gasteiger partial charge on any atom is 0.228 e. The fourth-order valence-corrected chi connectivity index (χ4v) is 4.22. The van der Waals surface area contributed by atoms with Gasteiger partial charge in [-0.25, -0.2) is 12.7 Å². The second-order valence-electron chi connectivity index (χ2n) is 5.33. The van der Waals surface area contributed by atoms with Gasteiger partial charge in [-0.05, 0) is 31.9 Å². The first-order valence-electron chi connectivity index (χ1n) is 7.18. The Hall–Kier alpha value is -0.530. The first-order chi connectivity index (χ1) is 10.7. The molecule has 9 heteroatoms. The number of carbonyl (C=O) groups is 1. The van der Waals surface area contributed by atoms with Crippen LogP contribution in [0.1, 0.15) is 19.8 Å². The van der Waals surface area contributed by atoms with Crippen molar-refractivity contribution in [2.75, 3.05) is 24.2 Å². The highest BCUT2D eigenvalue weighted by Gasteiger charge is 2.31. The number of sulfonamides is 1. The summed E-state index contributed by atoms with van der Waals surface area (Å²) in [6.45, 7) is 2.23. The molecular weight excluding hydrogens is 383 g/mol. The van der Waals surface area contributed by atoms with E-state index in [-0.39, 0.29) is 28.3 Å². The second-order valence-corrected chi connectivity index (χ2v) is 8.81. The summed E-state index contributed by atoms with van der Waals surface area (Å²) in [5.74, 6) is -0.670. The summed E-state index contributed by atoms with van der Waals surface area (Å²) in [7, 11) is -3.29. The van der Waals surface area contributed by atoms with E-state index in [1.54, 1.807) is 6.92 Å². The summed E-state index contributed by atoms with van der Waals surface area (Å²) in [5.41, 5.74) is 0.363. The van der Waals surface area contributed by atoms with Crippen LogP contribution < -0.4 is 5.32 Å². The van der Waals surface area contributed by atoms with Gasteiger partial charge in [-0.1, -0.05) is 34.8 Å². The highest BCUT2D eigenvalue weighted by atomic mass is 35.5. The van der Waals surface area contributed by atoms with Gasteiger partial charge in [0.05, 0.1) is 32.4 Å². The van der Waals surface area contributed by atoms with Crippen molar-refractivity contribution in [1.29, 1.82) is 0 Å². The van der Waals surface area contributed by atoms with Gasteiger partial charge in [0.15, 0.2) is 0 Å². The Kier molecular flexibility index (Phi) is 6.19.